The highest BCUT2D eigenvalue weighted by atomic mass is 79.9. The van der Waals surface area contributed by atoms with Gasteiger partial charge in [0.2, 0.25) is 0 Å². The Morgan fingerprint density at radius 1 is 1.00 bits per heavy atom. The van der Waals surface area contributed by atoms with Crippen molar-refractivity contribution in [3.8, 4) is 0 Å². The van der Waals surface area contributed by atoms with E-state index >= 15 is 0 Å². The Bertz CT molecular complexity index is 1290. The molecule has 0 unspecified atom stereocenters. The second-order valence-electron chi connectivity index (χ2n) is 7.97. The van der Waals surface area contributed by atoms with Crippen LogP contribution in [0.25, 0.3) is 0 Å². The Morgan fingerprint density at radius 2 is 1.60 bits per heavy atom. The van der Waals surface area contributed by atoms with Crippen LogP contribution < -0.4 is 5.32 Å². The van der Waals surface area contributed by atoms with E-state index in [4.69, 9.17) is 16.3 Å². The van der Waals surface area contributed by atoms with Crippen molar-refractivity contribution in [1.29, 1.82) is 0 Å². The highest BCUT2D eigenvalue weighted by molar-refractivity contribution is 9.10. The summed E-state index contributed by atoms with van der Waals surface area (Å²) in [4.78, 5) is 52.6. The number of amides is 3. The summed E-state index contributed by atoms with van der Waals surface area (Å²) in [7, 11) is 0. The summed E-state index contributed by atoms with van der Waals surface area (Å²) in [6.07, 6.45) is 0.0498. The molecule has 0 aliphatic carbocycles. The molecule has 1 aliphatic rings. The van der Waals surface area contributed by atoms with Crippen LogP contribution in [0.2, 0.25) is 5.02 Å². The minimum atomic E-state index is -1.23. The van der Waals surface area contributed by atoms with Crippen LogP contribution in [0.1, 0.15) is 31.8 Å². The number of carbonyl (C=O) groups is 4. The smallest absolute Gasteiger partial charge is 0.330 e. The topological polar surface area (TPSA) is 92.8 Å². The quantitative estimate of drug-likeness (QED) is 0.334. The molecule has 0 aromatic heterocycles. The lowest BCUT2D eigenvalue weighted by Gasteiger charge is -2.24. The van der Waals surface area contributed by atoms with Gasteiger partial charge >= 0.3 is 5.97 Å². The predicted octanol–water partition coefficient (Wildman–Crippen LogP) is 4.80. The summed E-state index contributed by atoms with van der Waals surface area (Å²) < 4.78 is 5.96. The van der Waals surface area contributed by atoms with Gasteiger partial charge in [0.25, 0.3) is 17.7 Å². The van der Waals surface area contributed by atoms with E-state index in [9.17, 15) is 19.2 Å². The maximum atomic E-state index is 13.1. The van der Waals surface area contributed by atoms with Crippen molar-refractivity contribution in [1.82, 2.24) is 4.90 Å². The molecule has 178 valence electrons. The first-order chi connectivity index (χ1) is 16.8. The van der Waals surface area contributed by atoms with E-state index in [2.05, 4.69) is 21.2 Å². The Morgan fingerprint density at radius 3 is 2.23 bits per heavy atom. The van der Waals surface area contributed by atoms with Crippen molar-refractivity contribution in [2.24, 2.45) is 0 Å². The Labute approximate surface area is 215 Å². The monoisotopic (exact) mass is 554 g/mol. The molecule has 1 N–H and O–H groups in total. The second kappa shape index (κ2) is 10.4. The fourth-order valence-corrected chi connectivity index (χ4v) is 4.43. The molecule has 3 aromatic rings. The number of nitrogens with zero attached hydrogens (tertiary/aromatic N) is 1. The largest absolute Gasteiger partial charge is 0.454 e. The summed E-state index contributed by atoms with van der Waals surface area (Å²) in [5.41, 5.74) is 2.41. The van der Waals surface area contributed by atoms with E-state index in [-0.39, 0.29) is 17.5 Å². The molecule has 7 nitrogen and oxygen atoms in total. The Hall–Kier alpha value is -3.49. The van der Waals surface area contributed by atoms with Gasteiger partial charge in [-0.2, -0.15) is 0 Å². The number of carbonyl (C=O) groups excluding carboxylic acids is 4. The maximum absolute atomic E-state index is 13.1. The highest BCUT2D eigenvalue weighted by Crippen LogP contribution is 2.29. The molecule has 9 heteroatoms. The lowest BCUT2D eigenvalue weighted by molar-refractivity contribution is -0.151. The highest BCUT2D eigenvalue weighted by Gasteiger charge is 2.43. The van der Waals surface area contributed by atoms with Crippen LogP contribution in [0, 0.1) is 6.92 Å². The zero-order chi connectivity index (χ0) is 25.1. The number of fused-ring (bicyclic) bond motifs is 1. The van der Waals surface area contributed by atoms with Crippen LogP contribution in [0.3, 0.4) is 0 Å². The van der Waals surface area contributed by atoms with E-state index in [0.29, 0.717) is 15.2 Å². The van der Waals surface area contributed by atoms with Crippen molar-refractivity contribution >= 4 is 56.9 Å². The summed E-state index contributed by atoms with van der Waals surface area (Å²) in [6, 6.07) is 17.5. The van der Waals surface area contributed by atoms with Crippen LogP contribution in [-0.2, 0) is 20.7 Å². The molecule has 0 bridgehead atoms. The molecule has 1 atom stereocenters. The standard InChI is InChI=1S/C26H20BrClN2O5/c1-15-11-19(27)20(28)13-21(15)29-23(31)14-35-26(34)22(12-16-7-3-2-4-8-16)30-24(32)17-9-5-6-10-18(17)25(30)33/h2-11,13,22H,12,14H2,1H3,(H,29,31)/t22-/m0/s1. The Balaban J connectivity index is 1.51. The minimum Gasteiger partial charge on any atom is -0.454 e. The number of imide groups is 1. The van der Waals surface area contributed by atoms with Crippen molar-refractivity contribution in [2.45, 2.75) is 19.4 Å². The maximum Gasteiger partial charge on any atom is 0.330 e. The van der Waals surface area contributed by atoms with Gasteiger partial charge in [-0.3, -0.25) is 19.3 Å². The lowest BCUT2D eigenvalue weighted by Crippen LogP contribution is -2.47. The molecular weight excluding hydrogens is 536 g/mol. The van der Waals surface area contributed by atoms with Gasteiger partial charge in [0.05, 0.1) is 16.1 Å². The molecule has 0 saturated heterocycles. The number of hydrogen-bond acceptors (Lipinski definition) is 5. The number of esters is 1. The van der Waals surface area contributed by atoms with Crippen LogP contribution in [0.15, 0.2) is 71.2 Å². The molecule has 0 fully saturated rings. The van der Waals surface area contributed by atoms with E-state index in [1.54, 1.807) is 67.6 Å². The van der Waals surface area contributed by atoms with Crippen LogP contribution in [-0.4, -0.2) is 41.2 Å². The van der Waals surface area contributed by atoms with E-state index in [1.807, 2.05) is 6.07 Å². The lowest BCUT2D eigenvalue weighted by atomic mass is 10.0. The summed E-state index contributed by atoms with van der Waals surface area (Å²) in [5.74, 6) is -2.59. The fourth-order valence-electron chi connectivity index (χ4n) is 3.81. The summed E-state index contributed by atoms with van der Waals surface area (Å²) in [6.45, 7) is 1.20. The number of aryl methyl sites for hydroxylation is 1. The Kier molecular flexibility index (Phi) is 7.33. The molecule has 0 saturated carbocycles. The third-order valence-electron chi connectivity index (χ3n) is 5.57. The third-order valence-corrected chi connectivity index (χ3v) is 6.77. The second-order valence-corrected chi connectivity index (χ2v) is 9.23. The number of anilines is 1. The average molecular weight is 556 g/mol. The predicted molar refractivity (Wildman–Crippen MR) is 134 cm³/mol. The first-order valence-corrected chi connectivity index (χ1v) is 11.9. The molecule has 0 spiro atoms. The van der Waals surface area contributed by atoms with Gasteiger partial charge in [-0.05, 0) is 58.2 Å². The number of benzene rings is 3. The SMILES string of the molecule is Cc1cc(Br)c(Cl)cc1NC(=O)COC(=O)[C@H](Cc1ccccc1)N1C(=O)c2ccccc2C1=O. The van der Waals surface area contributed by atoms with E-state index < -0.39 is 36.3 Å². The zero-order valence-electron chi connectivity index (χ0n) is 18.6. The molecule has 0 radical (unpaired) electrons. The molecule has 3 amide bonds. The molecule has 4 rings (SSSR count). The molecule has 35 heavy (non-hydrogen) atoms. The van der Waals surface area contributed by atoms with Gasteiger partial charge in [-0.1, -0.05) is 54.1 Å². The summed E-state index contributed by atoms with van der Waals surface area (Å²) >= 11 is 9.42. The van der Waals surface area contributed by atoms with Gasteiger partial charge in [0.15, 0.2) is 6.61 Å². The summed E-state index contributed by atoms with van der Waals surface area (Å²) in [5, 5.41) is 3.07. The van der Waals surface area contributed by atoms with Gasteiger partial charge in [0.1, 0.15) is 6.04 Å². The zero-order valence-corrected chi connectivity index (χ0v) is 20.9. The minimum absolute atomic E-state index is 0.0498. The van der Waals surface area contributed by atoms with Gasteiger partial charge < -0.3 is 10.1 Å². The number of ether oxygens (including phenoxy) is 1. The molecule has 1 heterocycles. The van der Waals surface area contributed by atoms with Crippen LogP contribution in [0.5, 0.6) is 0 Å². The average Bonchev–Trinajstić information content (AvgIpc) is 3.10. The van der Waals surface area contributed by atoms with Crippen molar-refractivity contribution in [3.63, 3.8) is 0 Å². The van der Waals surface area contributed by atoms with E-state index in [1.165, 1.54) is 0 Å². The van der Waals surface area contributed by atoms with Gasteiger partial charge in [0, 0.05) is 16.6 Å². The fraction of sp³-hybridized carbons (Fsp3) is 0.154. The third kappa shape index (κ3) is 5.28. The normalized spacial score (nSPS) is 13.4. The number of rotatable bonds is 7. The first-order valence-electron chi connectivity index (χ1n) is 10.7. The van der Waals surface area contributed by atoms with Gasteiger partial charge in [-0.25, -0.2) is 4.79 Å². The number of nitrogens with one attached hydrogen (secondary N) is 1. The van der Waals surface area contributed by atoms with E-state index in [0.717, 1.165) is 16.0 Å². The van der Waals surface area contributed by atoms with Crippen LogP contribution >= 0.6 is 27.5 Å². The van der Waals surface area contributed by atoms with Crippen molar-refractivity contribution in [2.75, 3.05) is 11.9 Å². The number of halogens is 2. The number of hydrogen-bond donors (Lipinski definition) is 1. The molecule has 1 aliphatic heterocycles. The van der Waals surface area contributed by atoms with Crippen molar-refractivity contribution < 1.29 is 23.9 Å². The van der Waals surface area contributed by atoms with Gasteiger partial charge in [-0.15, -0.1) is 0 Å². The van der Waals surface area contributed by atoms with Crippen molar-refractivity contribution in [3.05, 3.63) is 98.5 Å². The molecular formula is C26H20BrClN2O5. The molecule has 3 aromatic carbocycles. The van der Waals surface area contributed by atoms with Crippen LogP contribution in [0.4, 0.5) is 5.69 Å². The first kappa shape index (κ1) is 24.6.